The van der Waals surface area contributed by atoms with E-state index >= 15 is 0 Å². The maximum Gasteiger partial charge on any atom is 0.261 e. The van der Waals surface area contributed by atoms with Gasteiger partial charge in [0, 0.05) is 12.1 Å². The van der Waals surface area contributed by atoms with E-state index in [1.54, 1.807) is 51.5 Å². The van der Waals surface area contributed by atoms with Crippen LogP contribution >= 0.6 is 0 Å². The summed E-state index contributed by atoms with van der Waals surface area (Å²) in [5.41, 5.74) is 0.764. The highest BCUT2D eigenvalue weighted by atomic mass is 16.5. The largest absolute Gasteiger partial charge is 0.497 e. The van der Waals surface area contributed by atoms with E-state index in [0.29, 0.717) is 23.0 Å². The molecule has 0 saturated carbocycles. The van der Waals surface area contributed by atoms with Gasteiger partial charge in [0.15, 0.2) is 17.6 Å². The van der Waals surface area contributed by atoms with E-state index in [1.165, 1.54) is 14.2 Å². The van der Waals surface area contributed by atoms with E-state index in [4.69, 9.17) is 23.7 Å². The molecule has 0 radical (unpaired) electrons. The van der Waals surface area contributed by atoms with Crippen LogP contribution < -0.4 is 29.0 Å². The normalized spacial score (nSPS) is 11.3. The van der Waals surface area contributed by atoms with E-state index in [1.807, 2.05) is 6.07 Å². The molecule has 2 aromatic rings. The number of benzene rings is 2. The Labute approximate surface area is 159 Å². The van der Waals surface area contributed by atoms with Crippen molar-refractivity contribution in [2.45, 2.75) is 19.6 Å². The molecule has 0 fully saturated rings. The summed E-state index contributed by atoms with van der Waals surface area (Å²) < 4.78 is 26.8. The van der Waals surface area contributed by atoms with Gasteiger partial charge in [0.25, 0.3) is 5.91 Å². The third-order valence-electron chi connectivity index (χ3n) is 3.98. The van der Waals surface area contributed by atoms with Crippen LogP contribution in [0, 0.1) is 0 Å². The first kappa shape index (κ1) is 20.2. The molecule has 2 rings (SSSR count). The van der Waals surface area contributed by atoms with Crippen molar-refractivity contribution in [1.29, 1.82) is 0 Å². The average Bonchev–Trinajstić information content (AvgIpc) is 2.71. The van der Waals surface area contributed by atoms with Crippen molar-refractivity contribution < 1.29 is 28.5 Å². The first-order chi connectivity index (χ1) is 13.0. The van der Waals surface area contributed by atoms with Crippen molar-refractivity contribution in [3.05, 3.63) is 42.0 Å². The van der Waals surface area contributed by atoms with Crippen molar-refractivity contribution in [3.8, 4) is 28.7 Å². The van der Waals surface area contributed by atoms with Crippen LogP contribution in [0.5, 0.6) is 28.7 Å². The van der Waals surface area contributed by atoms with Crippen LogP contribution in [0.4, 0.5) is 0 Å². The second-order valence-electron chi connectivity index (χ2n) is 5.65. The van der Waals surface area contributed by atoms with Crippen LogP contribution in [0.15, 0.2) is 36.4 Å². The average molecular weight is 375 g/mol. The van der Waals surface area contributed by atoms with Gasteiger partial charge in [-0.1, -0.05) is 0 Å². The van der Waals surface area contributed by atoms with Crippen LogP contribution in [0.1, 0.15) is 12.5 Å². The van der Waals surface area contributed by atoms with Crippen molar-refractivity contribution in [2.24, 2.45) is 0 Å². The molecule has 0 saturated heterocycles. The quantitative estimate of drug-likeness (QED) is 0.726. The molecule has 7 nitrogen and oxygen atoms in total. The smallest absolute Gasteiger partial charge is 0.261 e. The van der Waals surface area contributed by atoms with Crippen molar-refractivity contribution in [1.82, 2.24) is 5.32 Å². The summed E-state index contributed by atoms with van der Waals surface area (Å²) in [5.74, 6) is 2.61. The molecule has 0 bridgehead atoms. The summed E-state index contributed by atoms with van der Waals surface area (Å²) in [7, 11) is 6.22. The molecule has 7 heteroatoms. The van der Waals surface area contributed by atoms with Crippen LogP contribution in [0.2, 0.25) is 0 Å². The Hall–Kier alpha value is -3.09. The van der Waals surface area contributed by atoms with E-state index < -0.39 is 6.10 Å². The van der Waals surface area contributed by atoms with Crippen LogP contribution in [-0.2, 0) is 11.3 Å². The van der Waals surface area contributed by atoms with Gasteiger partial charge in [-0.25, -0.2) is 0 Å². The predicted molar refractivity (Wildman–Crippen MR) is 101 cm³/mol. The minimum Gasteiger partial charge on any atom is -0.497 e. The fraction of sp³-hybridized carbons (Fsp3) is 0.350. The lowest BCUT2D eigenvalue weighted by Gasteiger charge is -2.18. The topological polar surface area (TPSA) is 75.3 Å². The van der Waals surface area contributed by atoms with E-state index in [9.17, 15) is 4.79 Å². The lowest BCUT2D eigenvalue weighted by atomic mass is 10.1. The molecule has 1 atom stereocenters. The summed E-state index contributed by atoms with van der Waals surface area (Å²) in [4.78, 5) is 12.4. The molecule has 0 aliphatic heterocycles. The highest BCUT2D eigenvalue weighted by Gasteiger charge is 2.18. The monoisotopic (exact) mass is 375 g/mol. The summed E-state index contributed by atoms with van der Waals surface area (Å²) in [6.45, 7) is 1.95. The molecule has 1 amide bonds. The summed E-state index contributed by atoms with van der Waals surface area (Å²) in [6.07, 6.45) is -0.662. The molecule has 146 valence electrons. The predicted octanol–water partition coefficient (Wildman–Crippen LogP) is 2.80. The fourth-order valence-corrected chi connectivity index (χ4v) is 2.54. The standard InChI is InChI=1S/C20H25NO6/c1-13(27-16-9-7-15(23-2)8-10-16)20(22)21-12-14-6-11-17(24-3)19(26-5)18(14)25-4/h6-11,13H,12H2,1-5H3,(H,21,22)/t13-/m1/s1. The second kappa shape index (κ2) is 9.56. The Morgan fingerprint density at radius 3 is 2.04 bits per heavy atom. The maximum atomic E-state index is 12.4. The highest BCUT2D eigenvalue weighted by molar-refractivity contribution is 5.80. The van der Waals surface area contributed by atoms with Gasteiger partial charge in [-0.2, -0.15) is 0 Å². The molecule has 0 aromatic heterocycles. The number of rotatable bonds is 9. The second-order valence-corrected chi connectivity index (χ2v) is 5.65. The number of amides is 1. The van der Waals surface area contributed by atoms with Crippen molar-refractivity contribution in [3.63, 3.8) is 0 Å². The molecule has 0 aliphatic rings. The fourth-order valence-electron chi connectivity index (χ4n) is 2.54. The van der Waals surface area contributed by atoms with Gasteiger partial charge in [0.05, 0.1) is 28.4 Å². The lowest BCUT2D eigenvalue weighted by Crippen LogP contribution is -2.36. The number of methoxy groups -OCH3 is 4. The zero-order chi connectivity index (χ0) is 19.8. The first-order valence-electron chi connectivity index (χ1n) is 8.40. The number of carbonyl (C=O) groups is 1. The van der Waals surface area contributed by atoms with Gasteiger partial charge in [-0.3, -0.25) is 4.79 Å². The number of hydrogen-bond acceptors (Lipinski definition) is 6. The molecule has 0 unspecified atom stereocenters. The molecular weight excluding hydrogens is 350 g/mol. The van der Waals surface area contributed by atoms with Crippen molar-refractivity contribution >= 4 is 5.91 Å². The highest BCUT2D eigenvalue weighted by Crippen LogP contribution is 2.39. The van der Waals surface area contributed by atoms with Crippen molar-refractivity contribution in [2.75, 3.05) is 28.4 Å². The van der Waals surface area contributed by atoms with E-state index in [-0.39, 0.29) is 12.5 Å². The number of nitrogens with one attached hydrogen (secondary N) is 1. The third-order valence-corrected chi connectivity index (χ3v) is 3.98. The molecule has 1 N–H and O–H groups in total. The molecule has 0 aliphatic carbocycles. The minimum absolute atomic E-state index is 0.248. The number of hydrogen-bond donors (Lipinski definition) is 1. The molecule has 27 heavy (non-hydrogen) atoms. The van der Waals surface area contributed by atoms with Gasteiger partial charge in [-0.05, 0) is 43.3 Å². The van der Waals surface area contributed by atoms with Gasteiger partial charge < -0.3 is 29.0 Å². The molecular formula is C20H25NO6. The summed E-state index contributed by atoms with van der Waals surface area (Å²) >= 11 is 0. The van der Waals surface area contributed by atoms with Crippen LogP contribution in [0.3, 0.4) is 0 Å². The summed E-state index contributed by atoms with van der Waals surface area (Å²) in [6, 6.07) is 10.6. The third kappa shape index (κ3) is 4.97. The Morgan fingerprint density at radius 1 is 0.852 bits per heavy atom. The van der Waals surface area contributed by atoms with Gasteiger partial charge in [0.1, 0.15) is 11.5 Å². The Bertz CT molecular complexity index is 760. The number of ether oxygens (including phenoxy) is 5. The Morgan fingerprint density at radius 2 is 1.48 bits per heavy atom. The zero-order valence-electron chi connectivity index (χ0n) is 16.2. The first-order valence-corrected chi connectivity index (χ1v) is 8.40. The molecule has 0 spiro atoms. The summed E-state index contributed by atoms with van der Waals surface area (Å²) in [5, 5.41) is 2.84. The van der Waals surface area contributed by atoms with E-state index in [2.05, 4.69) is 5.32 Å². The Balaban J connectivity index is 2.01. The van der Waals surface area contributed by atoms with Gasteiger partial charge in [0.2, 0.25) is 5.75 Å². The maximum absolute atomic E-state index is 12.4. The van der Waals surface area contributed by atoms with Crippen LogP contribution in [-0.4, -0.2) is 40.5 Å². The van der Waals surface area contributed by atoms with Gasteiger partial charge >= 0.3 is 0 Å². The van der Waals surface area contributed by atoms with Crippen LogP contribution in [0.25, 0.3) is 0 Å². The SMILES string of the molecule is COc1ccc(O[C@H](C)C(=O)NCc2ccc(OC)c(OC)c2OC)cc1. The number of carbonyl (C=O) groups excluding carboxylic acids is 1. The van der Waals surface area contributed by atoms with E-state index in [0.717, 1.165) is 11.3 Å². The minimum atomic E-state index is -0.662. The molecule has 2 aromatic carbocycles. The lowest BCUT2D eigenvalue weighted by molar-refractivity contribution is -0.127. The molecule has 0 heterocycles. The zero-order valence-corrected chi connectivity index (χ0v) is 16.2. The van der Waals surface area contributed by atoms with Gasteiger partial charge in [-0.15, -0.1) is 0 Å². The Kier molecular flexibility index (Phi) is 7.16.